The molecule has 0 spiro atoms. The minimum Gasteiger partial charge on any atom is -0.481 e. The monoisotopic (exact) mass is 280 g/mol. The van der Waals surface area contributed by atoms with Gasteiger partial charge in [-0.25, -0.2) is 0 Å². The van der Waals surface area contributed by atoms with E-state index in [1.807, 2.05) is 12.2 Å². The molecule has 6 nitrogen and oxygen atoms in total. The van der Waals surface area contributed by atoms with Crippen molar-refractivity contribution in [1.82, 2.24) is 10.2 Å². The molecular weight excluding hydrogens is 260 g/mol. The van der Waals surface area contributed by atoms with E-state index in [1.165, 1.54) is 4.90 Å². The molecule has 0 heterocycles. The van der Waals surface area contributed by atoms with Gasteiger partial charge in [0.1, 0.15) is 0 Å². The lowest BCUT2D eigenvalue weighted by molar-refractivity contribution is -0.150. The lowest BCUT2D eigenvalue weighted by Crippen LogP contribution is -2.42. The molecule has 4 atom stereocenters. The summed E-state index contributed by atoms with van der Waals surface area (Å²) < 4.78 is 0. The van der Waals surface area contributed by atoms with Gasteiger partial charge in [0.15, 0.2) is 0 Å². The second-order valence-electron chi connectivity index (χ2n) is 5.52. The standard InChI is InChI=1S/C14H20N2O4/c1-15-10(17)5-6-16(2)13(18)11-8-3-4-9(7-8)12(11)14(19)20/h3-4,8-9,11-12H,5-7H2,1-2H3,(H,15,17)(H,19,20)/t8?,9?,11-,12+/m0/s1. The van der Waals surface area contributed by atoms with Gasteiger partial charge >= 0.3 is 5.97 Å². The molecule has 20 heavy (non-hydrogen) atoms. The molecule has 2 unspecified atom stereocenters. The highest BCUT2D eigenvalue weighted by atomic mass is 16.4. The van der Waals surface area contributed by atoms with Crippen molar-refractivity contribution in [3.63, 3.8) is 0 Å². The van der Waals surface area contributed by atoms with Crippen LogP contribution in [0.25, 0.3) is 0 Å². The molecule has 2 aliphatic carbocycles. The lowest BCUT2D eigenvalue weighted by Gasteiger charge is -2.28. The van der Waals surface area contributed by atoms with Gasteiger partial charge in [-0.15, -0.1) is 0 Å². The van der Waals surface area contributed by atoms with Gasteiger partial charge in [0, 0.05) is 27.1 Å². The Kier molecular flexibility index (Phi) is 4.11. The number of rotatable bonds is 5. The minimum atomic E-state index is -0.903. The van der Waals surface area contributed by atoms with Crippen molar-refractivity contribution in [3.05, 3.63) is 12.2 Å². The van der Waals surface area contributed by atoms with E-state index in [9.17, 15) is 19.5 Å². The van der Waals surface area contributed by atoms with Gasteiger partial charge in [-0.05, 0) is 18.3 Å². The number of amides is 2. The molecule has 0 radical (unpaired) electrons. The highest BCUT2D eigenvalue weighted by Gasteiger charge is 2.52. The van der Waals surface area contributed by atoms with Gasteiger partial charge in [0.2, 0.25) is 11.8 Å². The number of fused-ring (bicyclic) bond motifs is 2. The number of nitrogens with zero attached hydrogens (tertiary/aromatic N) is 1. The van der Waals surface area contributed by atoms with Gasteiger partial charge < -0.3 is 15.3 Å². The number of carbonyl (C=O) groups excluding carboxylic acids is 2. The van der Waals surface area contributed by atoms with Gasteiger partial charge in [0.25, 0.3) is 0 Å². The Morgan fingerprint density at radius 1 is 1.25 bits per heavy atom. The Morgan fingerprint density at radius 2 is 1.85 bits per heavy atom. The number of hydrogen-bond donors (Lipinski definition) is 2. The molecule has 2 N–H and O–H groups in total. The second kappa shape index (κ2) is 5.64. The van der Waals surface area contributed by atoms with Crippen LogP contribution in [0.1, 0.15) is 12.8 Å². The van der Waals surface area contributed by atoms with Crippen molar-refractivity contribution in [2.24, 2.45) is 23.7 Å². The third-order valence-corrected chi connectivity index (χ3v) is 4.36. The summed E-state index contributed by atoms with van der Waals surface area (Å²) in [5.74, 6) is -2.32. The van der Waals surface area contributed by atoms with E-state index in [4.69, 9.17) is 0 Å². The molecule has 1 fully saturated rings. The number of carboxylic acids is 1. The average Bonchev–Trinajstić information content (AvgIpc) is 3.03. The number of hydrogen-bond acceptors (Lipinski definition) is 3. The predicted molar refractivity (Wildman–Crippen MR) is 71.7 cm³/mol. The Balaban J connectivity index is 2.02. The summed E-state index contributed by atoms with van der Waals surface area (Å²) in [5.41, 5.74) is 0. The van der Waals surface area contributed by atoms with Crippen molar-refractivity contribution in [3.8, 4) is 0 Å². The van der Waals surface area contributed by atoms with E-state index in [2.05, 4.69) is 5.32 Å². The zero-order valence-corrected chi connectivity index (χ0v) is 11.7. The molecular formula is C14H20N2O4. The maximum absolute atomic E-state index is 12.4. The third-order valence-electron chi connectivity index (χ3n) is 4.36. The SMILES string of the molecule is CNC(=O)CCN(C)C(=O)[C@H]1C2C=CC(C2)[C@H]1C(=O)O. The molecule has 0 saturated heterocycles. The van der Waals surface area contributed by atoms with E-state index in [-0.39, 0.29) is 30.1 Å². The molecule has 110 valence electrons. The van der Waals surface area contributed by atoms with E-state index in [0.29, 0.717) is 6.54 Å². The van der Waals surface area contributed by atoms with Crippen LogP contribution in [0.5, 0.6) is 0 Å². The van der Waals surface area contributed by atoms with Crippen LogP contribution in [0, 0.1) is 23.7 Å². The minimum absolute atomic E-state index is 0.0241. The summed E-state index contributed by atoms with van der Waals surface area (Å²) in [7, 11) is 3.17. The van der Waals surface area contributed by atoms with Crippen LogP contribution < -0.4 is 5.32 Å². The van der Waals surface area contributed by atoms with Crippen LogP contribution in [0.15, 0.2) is 12.2 Å². The largest absolute Gasteiger partial charge is 0.481 e. The average molecular weight is 280 g/mol. The molecule has 0 aliphatic heterocycles. The number of carboxylic acid groups (broad SMARTS) is 1. The summed E-state index contributed by atoms with van der Waals surface area (Å²) >= 11 is 0. The first kappa shape index (κ1) is 14.6. The lowest BCUT2D eigenvalue weighted by atomic mass is 9.82. The molecule has 2 rings (SSSR count). The number of carbonyl (C=O) groups is 3. The molecule has 2 bridgehead atoms. The summed E-state index contributed by atoms with van der Waals surface area (Å²) in [6.45, 7) is 0.308. The Bertz CT molecular complexity index is 460. The highest BCUT2D eigenvalue weighted by Crippen LogP contribution is 2.48. The molecule has 0 aromatic rings. The summed E-state index contributed by atoms with van der Waals surface area (Å²) in [6.07, 6.45) is 4.85. The van der Waals surface area contributed by atoms with Gasteiger partial charge in [-0.1, -0.05) is 12.2 Å². The molecule has 6 heteroatoms. The fraction of sp³-hybridized carbons (Fsp3) is 0.643. The molecule has 0 aromatic carbocycles. The van der Waals surface area contributed by atoms with Crippen LogP contribution in [0.2, 0.25) is 0 Å². The predicted octanol–water partition coefficient (Wildman–Crippen LogP) is 0.104. The number of nitrogens with one attached hydrogen (secondary N) is 1. The molecule has 2 amide bonds. The number of allylic oxidation sites excluding steroid dienone is 2. The molecule has 1 saturated carbocycles. The third kappa shape index (κ3) is 2.55. The van der Waals surface area contributed by atoms with E-state index >= 15 is 0 Å². The topological polar surface area (TPSA) is 86.7 Å². The van der Waals surface area contributed by atoms with Gasteiger partial charge in [0.05, 0.1) is 11.8 Å². The van der Waals surface area contributed by atoms with Crippen LogP contribution in [0.3, 0.4) is 0 Å². The molecule has 0 aromatic heterocycles. The normalized spacial score (nSPS) is 30.3. The summed E-state index contributed by atoms with van der Waals surface area (Å²) in [6, 6.07) is 0. The maximum atomic E-state index is 12.4. The smallest absolute Gasteiger partial charge is 0.307 e. The van der Waals surface area contributed by atoms with Crippen molar-refractivity contribution in [1.29, 1.82) is 0 Å². The first-order chi connectivity index (χ1) is 9.45. The highest BCUT2D eigenvalue weighted by molar-refractivity contribution is 5.87. The van der Waals surface area contributed by atoms with E-state index in [0.717, 1.165) is 6.42 Å². The van der Waals surface area contributed by atoms with E-state index < -0.39 is 17.8 Å². The summed E-state index contributed by atoms with van der Waals surface area (Å²) in [4.78, 5) is 36.5. The van der Waals surface area contributed by atoms with Crippen LogP contribution in [-0.2, 0) is 14.4 Å². The first-order valence-electron chi connectivity index (χ1n) is 6.82. The van der Waals surface area contributed by atoms with Crippen molar-refractivity contribution >= 4 is 17.8 Å². The van der Waals surface area contributed by atoms with Crippen molar-refractivity contribution in [2.75, 3.05) is 20.6 Å². The quantitative estimate of drug-likeness (QED) is 0.699. The Morgan fingerprint density at radius 3 is 2.40 bits per heavy atom. The van der Waals surface area contributed by atoms with Crippen molar-refractivity contribution in [2.45, 2.75) is 12.8 Å². The fourth-order valence-corrected chi connectivity index (χ4v) is 3.25. The van der Waals surface area contributed by atoms with Crippen LogP contribution >= 0.6 is 0 Å². The second-order valence-corrected chi connectivity index (χ2v) is 5.52. The van der Waals surface area contributed by atoms with E-state index in [1.54, 1.807) is 14.1 Å². The fourth-order valence-electron chi connectivity index (χ4n) is 3.25. The van der Waals surface area contributed by atoms with Crippen molar-refractivity contribution < 1.29 is 19.5 Å². The zero-order valence-electron chi connectivity index (χ0n) is 11.7. The Labute approximate surface area is 117 Å². The van der Waals surface area contributed by atoms with Crippen LogP contribution in [-0.4, -0.2) is 48.4 Å². The van der Waals surface area contributed by atoms with Gasteiger partial charge in [-0.3, -0.25) is 14.4 Å². The first-order valence-corrected chi connectivity index (χ1v) is 6.82. The Hall–Kier alpha value is -1.85. The number of aliphatic carboxylic acids is 1. The van der Waals surface area contributed by atoms with Gasteiger partial charge in [-0.2, -0.15) is 0 Å². The molecule has 2 aliphatic rings. The summed E-state index contributed by atoms with van der Waals surface area (Å²) in [5, 5.41) is 11.8. The zero-order chi connectivity index (χ0) is 14.9. The van der Waals surface area contributed by atoms with Crippen LogP contribution in [0.4, 0.5) is 0 Å². The maximum Gasteiger partial charge on any atom is 0.307 e.